The maximum atomic E-state index is 12.6. The summed E-state index contributed by atoms with van der Waals surface area (Å²) in [6.07, 6.45) is 1.83. The van der Waals surface area contributed by atoms with Gasteiger partial charge >= 0.3 is 0 Å². The Labute approximate surface area is 137 Å². The average molecular weight is 312 g/mol. The second-order valence-electron chi connectivity index (χ2n) is 6.22. The van der Waals surface area contributed by atoms with Gasteiger partial charge in [-0.15, -0.1) is 0 Å². The molecule has 1 fully saturated rings. The van der Waals surface area contributed by atoms with E-state index in [2.05, 4.69) is 19.4 Å². The van der Waals surface area contributed by atoms with E-state index in [1.165, 1.54) is 0 Å². The van der Waals surface area contributed by atoms with E-state index in [4.69, 9.17) is 0 Å². The lowest BCUT2D eigenvalue weighted by Crippen LogP contribution is -2.48. The molecule has 2 aromatic heterocycles. The highest BCUT2D eigenvalue weighted by Gasteiger charge is 2.22. The molecule has 0 atom stereocenters. The molecule has 0 aliphatic carbocycles. The van der Waals surface area contributed by atoms with Crippen LogP contribution in [0.25, 0.3) is 0 Å². The predicted octanol–water partition coefficient (Wildman–Crippen LogP) is 2.04. The third-order valence-electron chi connectivity index (χ3n) is 4.79. The molecule has 0 radical (unpaired) electrons. The first-order valence-electron chi connectivity index (χ1n) is 8.10. The van der Waals surface area contributed by atoms with Gasteiger partial charge in [-0.2, -0.15) is 0 Å². The van der Waals surface area contributed by atoms with Crippen LogP contribution in [0.15, 0.2) is 30.5 Å². The van der Waals surface area contributed by atoms with Crippen molar-refractivity contribution in [3.8, 4) is 0 Å². The van der Waals surface area contributed by atoms with Gasteiger partial charge in [-0.1, -0.05) is 6.07 Å². The number of aromatic nitrogens is 2. The molecular formula is C18H24N4O. The summed E-state index contributed by atoms with van der Waals surface area (Å²) in [5.41, 5.74) is 3.04. The molecule has 1 saturated heterocycles. The lowest BCUT2D eigenvalue weighted by Gasteiger charge is -2.35. The van der Waals surface area contributed by atoms with Crippen LogP contribution in [0.5, 0.6) is 0 Å². The molecule has 1 aliphatic rings. The molecule has 0 bridgehead atoms. The van der Waals surface area contributed by atoms with Crippen LogP contribution >= 0.6 is 0 Å². The fourth-order valence-electron chi connectivity index (χ4n) is 3.10. The van der Waals surface area contributed by atoms with E-state index in [0.29, 0.717) is 6.54 Å². The minimum absolute atomic E-state index is 0.220. The van der Waals surface area contributed by atoms with Crippen molar-refractivity contribution < 1.29 is 4.79 Å². The smallest absolute Gasteiger partial charge is 0.178 e. The van der Waals surface area contributed by atoms with Crippen molar-refractivity contribution in [2.24, 2.45) is 7.05 Å². The van der Waals surface area contributed by atoms with Gasteiger partial charge in [0, 0.05) is 56.4 Å². The van der Waals surface area contributed by atoms with Crippen molar-refractivity contribution in [1.29, 1.82) is 0 Å². The number of nitrogens with zero attached hydrogens (tertiary/aromatic N) is 4. The number of hydrogen-bond acceptors (Lipinski definition) is 4. The molecule has 0 aromatic carbocycles. The number of rotatable bonds is 4. The Morgan fingerprint density at radius 2 is 1.91 bits per heavy atom. The van der Waals surface area contributed by atoms with Gasteiger partial charge in [0.2, 0.25) is 0 Å². The van der Waals surface area contributed by atoms with Crippen LogP contribution in [0.3, 0.4) is 0 Å². The minimum Gasteiger partial charge on any atom is -0.354 e. The van der Waals surface area contributed by atoms with E-state index in [1.54, 1.807) is 0 Å². The van der Waals surface area contributed by atoms with Gasteiger partial charge < -0.3 is 9.47 Å². The molecule has 0 amide bonds. The number of hydrogen-bond donors (Lipinski definition) is 0. The summed E-state index contributed by atoms with van der Waals surface area (Å²) in [4.78, 5) is 21.5. The average Bonchev–Trinajstić information content (AvgIpc) is 2.84. The van der Waals surface area contributed by atoms with Gasteiger partial charge in [0.25, 0.3) is 0 Å². The summed E-state index contributed by atoms with van der Waals surface area (Å²) in [5.74, 6) is 1.24. The molecule has 5 heteroatoms. The zero-order chi connectivity index (χ0) is 16.4. The monoisotopic (exact) mass is 312 g/mol. The van der Waals surface area contributed by atoms with Crippen LogP contribution < -0.4 is 4.90 Å². The molecule has 122 valence electrons. The van der Waals surface area contributed by atoms with Crippen molar-refractivity contribution in [2.45, 2.75) is 13.8 Å². The van der Waals surface area contributed by atoms with Crippen LogP contribution in [-0.4, -0.2) is 53.0 Å². The fraction of sp³-hybridized carbons (Fsp3) is 0.444. The Balaban J connectivity index is 1.58. The van der Waals surface area contributed by atoms with Crippen LogP contribution in [0.1, 0.15) is 21.7 Å². The number of carbonyl (C=O) groups excluding carboxylic acids is 1. The van der Waals surface area contributed by atoms with Crippen molar-refractivity contribution in [3.05, 3.63) is 47.4 Å². The zero-order valence-electron chi connectivity index (χ0n) is 14.1. The Bertz CT molecular complexity index is 685. The largest absolute Gasteiger partial charge is 0.354 e. The minimum atomic E-state index is 0.220. The molecule has 1 aliphatic heterocycles. The van der Waals surface area contributed by atoms with Crippen molar-refractivity contribution in [2.75, 3.05) is 37.6 Å². The van der Waals surface area contributed by atoms with E-state index < -0.39 is 0 Å². The Morgan fingerprint density at radius 1 is 1.17 bits per heavy atom. The summed E-state index contributed by atoms with van der Waals surface area (Å²) in [5, 5.41) is 0. The lowest BCUT2D eigenvalue weighted by molar-refractivity contribution is 0.0925. The standard InChI is InChI=1S/C18H24N4O/c1-14-12-16(15(2)20(14)3)17(23)13-21-8-10-22(11-9-21)18-6-4-5-7-19-18/h4-7,12H,8-11,13H2,1-3H3. The second-order valence-corrected chi connectivity index (χ2v) is 6.22. The molecule has 3 heterocycles. The molecule has 0 unspecified atom stereocenters. The van der Waals surface area contributed by atoms with Gasteiger partial charge in [-0.3, -0.25) is 9.69 Å². The van der Waals surface area contributed by atoms with Crippen LogP contribution in [0.4, 0.5) is 5.82 Å². The number of aryl methyl sites for hydroxylation is 1. The Hall–Kier alpha value is -2.14. The quantitative estimate of drug-likeness (QED) is 0.810. The van der Waals surface area contributed by atoms with Crippen LogP contribution in [0, 0.1) is 13.8 Å². The summed E-state index contributed by atoms with van der Waals surface area (Å²) in [7, 11) is 2.01. The number of ketones is 1. The molecule has 0 saturated carbocycles. The molecule has 0 spiro atoms. The summed E-state index contributed by atoms with van der Waals surface area (Å²) < 4.78 is 2.08. The van der Waals surface area contributed by atoms with Gasteiger partial charge in [0.05, 0.1) is 6.54 Å². The first-order valence-corrected chi connectivity index (χ1v) is 8.10. The molecule has 23 heavy (non-hydrogen) atoms. The van der Waals surface area contributed by atoms with Gasteiger partial charge in [-0.25, -0.2) is 4.98 Å². The third-order valence-corrected chi connectivity index (χ3v) is 4.79. The number of pyridine rings is 1. The van der Waals surface area contributed by atoms with E-state index >= 15 is 0 Å². The topological polar surface area (TPSA) is 41.4 Å². The highest BCUT2D eigenvalue weighted by atomic mass is 16.1. The Kier molecular flexibility index (Phi) is 4.48. The Morgan fingerprint density at radius 3 is 2.48 bits per heavy atom. The van der Waals surface area contributed by atoms with Gasteiger partial charge in [-0.05, 0) is 32.0 Å². The number of Topliss-reactive ketones (excluding diaryl/α,β-unsaturated/α-hetero) is 1. The maximum Gasteiger partial charge on any atom is 0.178 e. The molecule has 0 N–H and O–H groups in total. The highest BCUT2D eigenvalue weighted by Crippen LogP contribution is 2.16. The normalized spacial score (nSPS) is 15.9. The lowest BCUT2D eigenvalue weighted by atomic mass is 10.1. The van der Waals surface area contributed by atoms with Gasteiger partial charge in [0.15, 0.2) is 5.78 Å². The number of carbonyl (C=O) groups is 1. The molecule has 2 aromatic rings. The number of piperazine rings is 1. The van der Waals surface area contributed by atoms with Crippen molar-refractivity contribution in [1.82, 2.24) is 14.5 Å². The highest BCUT2D eigenvalue weighted by molar-refractivity contribution is 5.99. The van der Waals surface area contributed by atoms with Crippen molar-refractivity contribution in [3.63, 3.8) is 0 Å². The zero-order valence-corrected chi connectivity index (χ0v) is 14.1. The third kappa shape index (κ3) is 3.29. The predicted molar refractivity (Wildman–Crippen MR) is 92.1 cm³/mol. The van der Waals surface area contributed by atoms with Crippen LogP contribution in [0.2, 0.25) is 0 Å². The molecular weight excluding hydrogens is 288 g/mol. The van der Waals surface area contributed by atoms with E-state index in [9.17, 15) is 4.79 Å². The molecule has 3 rings (SSSR count). The summed E-state index contributed by atoms with van der Waals surface area (Å²) in [6, 6.07) is 7.99. The second kappa shape index (κ2) is 6.54. The summed E-state index contributed by atoms with van der Waals surface area (Å²) in [6.45, 7) is 8.17. The van der Waals surface area contributed by atoms with E-state index in [-0.39, 0.29) is 5.78 Å². The van der Waals surface area contributed by atoms with Gasteiger partial charge in [0.1, 0.15) is 5.82 Å². The number of anilines is 1. The first-order chi connectivity index (χ1) is 11.1. The fourth-order valence-corrected chi connectivity index (χ4v) is 3.10. The molecule has 5 nitrogen and oxygen atoms in total. The van der Waals surface area contributed by atoms with Crippen LogP contribution in [-0.2, 0) is 7.05 Å². The van der Waals surface area contributed by atoms with Crippen molar-refractivity contribution >= 4 is 11.6 Å². The van der Waals surface area contributed by atoms with E-state index in [0.717, 1.165) is 48.9 Å². The SMILES string of the molecule is Cc1cc(C(=O)CN2CCN(c3ccccn3)CC2)c(C)n1C. The summed E-state index contributed by atoms with van der Waals surface area (Å²) >= 11 is 0. The maximum absolute atomic E-state index is 12.6. The first kappa shape index (κ1) is 15.7. The van der Waals surface area contributed by atoms with E-state index in [1.807, 2.05) is 51.4 Å².